The highest BCUT2D eigenvalue weighted by Gasteiger charge is 2.20. The van der Waals surface area contributed by atoms with Gasteiger partial charge in [-0.05, 0) is 50.6 Å². The third kappa shape index (κ3) is 4.68. The second kappa shape index (κ2) is 9.09. The van der Waals surface area contributed by atoms with Crippen LogP contribution in [0.2, 0.25) is 0 Å². The number of methoxy groups -OCH3 is 1. The van der Waals surface area contributed by atoms with Crippen molar-refractivity contribution < 1.29 is 19.1 Å². The quantitative estimate of drug-likeness (QED) is 0.486. The average Bonchev–Trinajstić information content (AvgIpc) is 3.16. The van der Waals surface area contributed by atoms with Crippen molar-refractivity contribution >= 4 is 33.8 Å². The Morgan fingerprint density at radius 3 is 2.47 bits per heavy atom. The van der Waals surface area contributed by atoms with Crippen molar-refractivity contribution in [1.82, 2.24) is 4.98 Å². The Labute approximate surface area is 180 Å². The van der Waals surface area contributed by atoms with Crippen LogP contribution in [0.25, 0.3) is 0 Å². The van der Waals surface area contributed by atoms with E-state index in [1.54, 1.807) is 23.1 Å². The van der Waals surface area contributed by atoms with Gasteiger partial charge in [-0.1, -0.05) is 17.7 Å². The summed E-state index contributed by atoms with van der Waals surface area (Å²) in [5.41, 5.74) is 4.21. The highest BCUT2D eigenvalue weighted by Crippen LogP contribution is 2.33. The number of benzene rings is 2. The molecule has 0 N–H and O–H groups in total. The smallest absolute Gasteiger partial charge is 0.230 e. The first-order valence-corrected chi connectivity index (χ1v) is 10.3. The summed E-state index contributed by atoms with van der Waals surface area (Å²) in [7, 11) is 1.53. The van der Waals surface area contributed by atoms with E-state index in [1.165, 1.54) is 32.3 Å². The number of amides is 1. The van der Waals surface area contributed by atoms with E-state index in [1.807, 2.05) is 37.4 Å². The molecule has 0 bridgehead atoms. The van der Waals surface area contributed by atoms with Crippen LogP contribution < -0.4 is 14.4 Å². The number of carbonyl (C=O) groups excluding carboxylic acids is 2. The van der Waals surface area contributed by atoms with Crippen molar-refractivity contribution in [2.75, 3.05) is 12.0 Å². The van der Waals surface area contributed by atoms with Crippen LogP contribution in [-0.2, 0) is 11.4 Å². The van der Waals surface area contributed by atoms with Crippen molar-refractivity contribution in [2.45, 2.75) is 34.3 Å². The Morgan fingerprint density at radius 1 is 1.07 bits per heavy atom. The molecule has 7 heteroatoms. The third-order valence-electron chi connectivity index (χ3n) is 4.58. The summed E-state index contributed by atoms with van der Waals surface area (Å²) in [5.74, 6) is 0.860. The number of rotatable bonds is 7. The number of hydrogen-bond acceptors (Lipinski definition) is 6. The summed E-state index contributed by atoms with van der Waals surface area (Å²) in [6.07, 6.45) is 0. The number of thiazole rings is 1. The molecule has 0 fully saturated rings. The summed E-state index contributed by atoms with van der Waals surface area (Å²) >= 11 is 1.38. The number of ketones is 1. The average molecular weight is 425 g/mol. The van der Waals surface area contributed by atoms with Gasteiger partial charge in [-0.2, -0.15) is 0 Å². The highest BCUT2D eigenvalue weighted by molar-refractivity contribution is 7.14. The van der Waals surface area contributed by atoms with Gasteiger partial charge in [-0.25, -0.2) is 4.98 Å². The zero-order valence-electron chi connectivity index (χ0n) is 17.7. The number of carbonyl (C=O) groups is 2. The van der Waals surface area contributed by atoms with Crippen molar-refractivity contribution in [3.05, 3.63) is 64.2 Å². The minimum Gasteiger partial charge on any atom is -0.493 e. The third-order valence-corrected chi connectivity index (χ3v) is 5.46. The normalized spacial score (nSPS) is 10.6. The molecule has 1 aromatic heterocycles. The summed E-state index contributed by atoms with van der Waals surface area (Å²) < 4.78 is 11.2. The van der Waals surface area contributed by atoms with Gasteiger partial charge in [0.15, 0.2) is 22.4 Å². The Morgan fingerprint density at radius 2 is 1.83 bits per heavy atom. The number of aromatic nitrogens is 1. The number of hydrogen-bond donors (Lipinski definition) is 0. The maximum Gasteiger partial charge on any atom is 0.230 e. The van der Waals surface area contributed by atoms with Crippen LogP contribution in [0.5, 0.6) is 11.5 Å². The molecular weight excluding hydrogens is 400 g/mol. The van der Waals surface area contributed by atoms with E-state index in [0.29, 0.717) is 27.9 Å². The van der Waals surface area contributed by atoms with Gasteiger partial charge >= 0.3 is 0 Å². The predicted molar refractivity (Wildman–Crippen MR) is 118 cm³/mol. The van der Waals surface area contributed by atoms with Gasteiger partial charge in [0.1, 0.15) is 6.61 Å². The van der Waals surface area contributed by atoms with Crippen LogP contribution in [0, 0.1) is 13.8 Å². The highest BCUT2D eigenvalue weighted by atomic mass is 32.1. The monoisotopic (exact) mass is 424 g/mol. The number of anilines is 2. The molecular formula is C23H24N2O4S. The SMILES string of the molecule is COc1cc(C(C)=O)ccc1OCc1csc(N(C(C)=O)c2ccc(C)cc2C)n1. The van der Waals surface area contributed by atoms with Gasteiger partial charge in [-0.3, -0.25) is 14.5 Å². The standard InChI is InChI=1S/C23H24N2O4S/c1-14-6-8-20(15(2)10-14)25(17(4)27)23-24-19(13-30-23)12-29-21-9-7-18(16(3)26)11-22(21)28-5/h6-11,13H,12H2,1-5H3. The molecule has 0 radical (unpaired) electrons. The molecule has 0 unspecified atom stereocenters. The van der Waals surface area contributed by atoms with Crippen molar-refractivity contribution in [2.24, 2.45) is 0 Å². The van der Waals surface area contributed by atoms with Gasteiger partial charge in [0, 0.05) is 17.9 Å². The van der Waals surface area contributed by atoms with E-state index in [0.717, 1.165) is 16.8 Å². The Balaban J connectivity index is 1.80. The van der Waals surface area contributed by atoms with Gasteiger partial charge in [-0.15, -0.1) is 11.3 Å². The molecule has 2 aromatic carbocycles. The minimum absolute atomic E-state index is 0.0419. The van der Waals surface area contributed by atoms with E-state index in [9.17, 15) is 9.59 Å². The van der Waals surface area contributed by atoms with Crippen LogP contribution in [-0.4, -0.2) is 23.8 Å². The van der Waals surface area contributed by atoms with Gasteiger partial charge < -0.3 is 9.47 Å². The van der Waals surface area contributed by atoms with E-state index in [4.69, 9.17) is 9.47 Å². The fourth-order valence-electron chi connectivity index (χ4n) is 3.09. The number of aryl methyl sites for hydroxylation is 2. The maximum atomic E-state index is 12.4. The van der Waals surface area contributed by atoms with E-state index in [2.05, 4.69) is 4.98 Å². The van der Waals surface area contributed by atoms with Crippen LogP contribution >= 0.6 is 11.3 Å². The van der Waals surface area contributed by atoms with Crippen LogP contribution in [0.15, 0.2) is 41.8 Å². The lowest BCUT2D eigenvalue weighted by atomic mass is 10.1. The van der Waals surface area contributed by atoms with Crippen molar-refractivity contribution in [3.63, 3.8) is 0 Å². The zero-order valence-corrected chi connectivity index (χ0v) is 18.5. The number of ether oxygens (including phenoxy) is 2. The largest absolute Gasteiger partial charge is 0.493 e. The predicted octanol–water partition coefficient (Wildman–Crippen LogP) is 5.23. The fourth-order valence-corrected chi connectivity index (χ4v) is 3.95. The minimum atomic E-state index is -0.106. The fraction of sp³-hybridized carbons (Fsp3) is 0.261. The van der Waals surface area contributed by atoms with Crippen LogP contribution in [0.1, 0.15) is 41.0 Å². The number of Topliss-reactive ketones (excluding diaryl/α,β-unsaturated/α-hetero) is 1. The van der Waals surface area contributed by atoms with E-state index in [-0.39, 0.29) is 18.3 Å². The topological polar surface area (TPSA) is 68.7 Å². The van der Waals surface area contributed by atoms with E-state index < -0.39 is 0 Å². The molecule has 6 nitrogen and oxygen atoms in total. The first-order chi connectivity index (χ1) is 14.3. The Kier molecular flexibility index (Phi) is 6.52. The van der Waals surface area contributed by atoms with Crippen LogP contribution in [0.4, 0.5) is 10.8 Å². The van der Waals surface area contributed by atoms with E-state index >= 15 is 0 Å². The summed E-state index contributed by atoms with van der Waals surface area (Å²) in [6.45, 7) is 7.24. The Bertz CT molecular complexity index is 1090. The van der Waals surface area contributed by atoms with Crippen molar-refractivity contribution in [1.29, 1.82) is 0 Å². The van der Waals surface area contributed by atoms with Crippen LogP contribution in [0.3, 0.4) is 0 Å². The summed E-state index contributed by atoms with van der Waals surface area (Å²) in [5, 5.41) is 2.46. The molecule has 0 spiro atoms. The lowest BCUT2D eigenvalue weighted by molar-refractivity contribution is -0.115. The van der Waals surface area contributed by atoms with Gasteiger partial charge in [0.05, 0.1) is 18.5 Å². The molecule has 3 aromatic rings. The summed E-state index contributed by atoms with van der Waals surface area (Å²) in [6, 6.07) is 11.0. The molecule has 156 valence electrons. The first-order valence-electron chi connectivity index (χ1n) is 9.44. The molecule has 1 amide bonds. The molecule has 3 rings (SSSR count). The molecule has 0 saturated carbocycles. The molecule has 1 heterocycles. The molecule has 0 aliphatic carbocycles. The number of nitrogens with zero attached hydrogens (tertiary/aromatic N) is 2. The van der Waals surface area contributed by atoms with Crippen molar-refractivity contribution in [3.8, 4) is 11.5 Å². The summed E-state index contributed by atoms with van der Waals surface area (Å²) in [4.78, 5) is 30.1. The zero-order chi connectivity index (χ0) is 21.8. The lowest BCUT2D eigenvalue weighted by Gasteiger charge is -2.20. The molecule has 0 atom stereocenters. The second-order valence-corrected chi connectivity index (χ2v) is 7.81. The lowest BCUT2D eigenvalue weighted by Crippen LogP contribution is -2.23. The molecule has 0 saturated heterocycles. The molecule has 30 heavy (non-hydrogen) atoms. The van der Waals surface area contributed by atoms with Gasteiger partial charge in [0.2, 0.25) is 5.91 Å². The second-order valence-electron chi connectivity index (χ2n) is 6.98. The first kappa shape index (κ1) is 21.5. The Hall–Kier alpha value is -3.19. The molecule has 0 aliphatic rings. The molecule has 0 aliphatic heterocycles. The maximum absolute atomic E-state index is 12.4. The van der Waals surface area contributed by atoms with Gasteiger partial charge in [0.25, 0.3) is 0 Å².